The van der Waals surface area contributed by atoms with Crippen molar-refractivity contribution in [3.63, 3.8) is 0 Å². The Morgan fingerprint density at radius 1 is 1.32 bits per heavy atom. The number of ether oxygens (including phenoxy) is 1. The van der Waals surface area contributed by atoms with Gasteiger partial charge in [-0.3, -0.25) is 0 Å². The summed E-state index contributed by atoms with van der Waals surface area (Å²) in [5.41, 5.74) is 9.34. The first-order valence-electron chi connectivity index (χ1n) is 9.13. The van der Waals surface area contributed by atoms with Gasteiger partial charge in [-0.05, 0) is 55.1 Å². The number of hydrogen-bond donors (Lipinski definition) is 1. The van der Waals surface area contributed by atoms with Gasteiger partial charge in [0.15, 0.2) is 0 Å². The molecule has 0 saturated carbocycles. The number of anilines is 1. The van der Waals surface area contributed by atoms with Gasteiger partial charge in [0.05, 0.1) is 12.2 Å². The predicted molar refractivity (Wildman–Crippen MR) is 104 cm³/mol. The highest BCUT2D eigenvalue weighted by molar-refractivity contribution is 7.16. The van der Waals surface area contributed by atoms with Crippen LogP contribution in [0.15, 0.2) is 30.3 Å². The average molecular weight is 358 g/mol. The minimum atomic E-state index is -0.265. The van der Waals surface area contributed by atoms with Crippen LogP contribution in [0.25, 0.3) is 0 Å². The normalized spacial score (nSPS) is 19.7. The number of carbonyl (C=O) groups excluding carboxylic acids is 1. The lowest BCUT2D eigenvalue weighted by molar-refractivity contribution is 0.0525. The van der Waals surface area contributed by atoms with E-state index in [9.17, 15) is 4.79 Å². The molecule has 3 rings (SSSR count). The monoisotopic (exact) mass is 357 g/mol. The van der Waals surface area contributed by atoms with Crippen LogP contribution in [0.2, 0.25) is 0 Å². The van der Waals surface area contributed by atoms with E-state index in [4.69, 9.17) is 10.5 Å². The molecule has 2 aromatic rings. The van der Waals surface area contributed by atoms with Gasteiger partial charge in [0.25, 0.3) is 0 Å². The quantitative estimate of drug-likeness (QED) is 0.762. The van der Waals surface area contributed by atoms with Gasteiger partial charge >= 0.3 is 5.97 Å². The van der Waals surface area contributed by atoms with Crippen LogP contribution in [0, 0.1) is 11.8 Å². The number of nitrogen functional groups attached to an aromatic ring is 1. The second kappa shape index (κ2) is 7.61. The molecular weight excluding hydrogens is 330 g/mol. The van der Waals surface area contributed by atoms with Gasteiger partial charge in [-0.2, -0.15) is 0 Å². The Kier molecular flexibility index (Phi) is 5.48. The highest BCUT2D eigenvalue weighted by atomic mass is 32.1. The highest BCUT2D eigenvalue weighted by Crippen LogP contribution is 2.47. The van der Waals surface area contributed by atoms with E-state index in [-0.39, 0.29) is 5.97 Å². The van der Waals surface area contributed by atoms with E-state index in [2.05, 4.69) is 38.1 Å². The van der Waals surface area contributed by atoms with E-state index >= 15 is 0 Å². The molecule has 134 valence electrons. The maximum Gasteiger partial charge on any atom is 0.341 e. The molecule has 1 aromatic carbocycles. The molecule has 0 amide bonds. The number of carbonyl (C=O) groups is 1. The molecule has 2 unspecified atom stereocenters. The first-order chi connectivity index (χ1) is 12.0. The van der Waals surface area contributed by atoms with Crippen molar-refractivity contribution in [1.82, 2.24) is 0 Å². The number of esters is 1. The van der Waals surface area contributed by atoms with Gasteiger partial charge in [-0.15, -0.1) is 11.3 Å². The Balaban J connectivity index is 2.01. The Bertz CT molecular complexity index is 736. The molecule has 0 aliphatic heterocycles. The van der Waals surface area contributed by atoms with Crippen LogP contribution in [0.5, 0.6) is 0 Å². The van der Waals surface area contributed by atoms with Gasteiger partial charge < -0.3 is 10.5 Å². The zero-order valence-electron chi connectivity index (χ0n) is 15.2. The molecule has 1 aliphatic rings. The summed E-state index contributed by atoms with van der Waals surface area (Å²) in [6.07, 6.45) is 3.06. The third kappa shape index (κ3) is 3.74. The fourth-order valence-corrected chi connectivity index (χ4v) is 5.14. The summed E-state index contributed by atoms with van der Waals surface area (Å²) in [5, 5.41) is 0.617. The summed E-state index contributed by atoms with van der Waals surface area (Å²) in [4.78, 5) is 13.8. The van der Waals surface area contributed by atoms with Crippen molar-refractivity contribution in [2.24, 2.45) is 11.8 Å². The summed E-state index contributed by atoms with van der Waals surface area (Å²) in [7, 11) is 0. The molecule has 3 nitrogen and oxygen atoms in total. The average Bonchev–Trinajstić information content (AvgIpc) is 2.92. The molecular formula is C21H27NO2S. The van der Waals surface area contributed by atoms with Gasteiger partial charge in [0, 0.05) is 4.88 Å². The number of rotatable bonds is 5. The second-order valence-corrected chi connectivity index (χ2v) is 8.37. The topological polar surface area (TPSA) is 52.3 Å². The molecule has 0 saturated heterocycles. The third-order valence-corrected chi connectivity index (χ3v) is 6.30. The van der Waals surface area contributed by atoms with Crippen molar-refractivity contribution in [3.05, 3.63) is 51.9 Å². The minimum Gasteiger partial charge on any atom is -0.462 e. The van der Waals surface area contributed by atoms with E-state index in [0.717, 1.165) is 24.8 Å². The summed E-state index contributed by atoms with van der Waals surface area (Å²) >= 11 is 1.58. The molecule has 1 aliphatic carbocycles. The lowest BCUT2D eigenvalue weighted by Gasteiger charge is -2.32. The molecule has 0 bridgehead atoms. The van der Waals surface area contributed by atoms with Crippen LogP contribution < -0.4 is 5.73 Å². The zero-order chi connectivity index (χ0) is 18.0. The Labute approximate surface area is 154 Å². The lowest BCUT2D eigenvalue weighted by atomic mass is 9.73. The van der Waals surface area contributed by atoms with Gasteiger partial charge in [-0.1, -0.05) is 44.2 Å². The van der Waals surface area contributed by atoms with Gasteiger partial charge in [0.1, 0.15) is 5.00 Å². The summed E-state index contributed by atoms with van der Waals surface area (Å²) in [6.45, 7) is 6.79. The van der Waals surface area contributed by atoms with Crippen LogP contribution in [0.3, 0.4) is 0 Å². The van der Waals surface area contributed by atoms with E-state index in [1.807, 2.05) is 13.0 Å². The number of fused-ring (bicyclic) bond motifs is 1. The van der Waals surface area contributed by atoms with Crippen molar-refractivity contribution in [1.29, 1.82) is 0 Å². The highest BCUT2D eigenvalue weighted by Gasteiger charge is 2.35. The molecule has 4 heteroatoms. The van der Waals surface area contributed by atoms with Gasteiger partial charge in [0.2, 0.25) is 0 Å². The van der Waals surface area contributed by atoms with E-state index in [1.165, 1.54) is 10.4 Å². The van der Waals surface area contributed by atoms with Crippen LogP contribution in [-0.4, -0.2) is 12.6 Å². The molecule has 0 spiro atoms. The number of hydrogen-bond acceptors (Lipinski definition) is 4. The molecule has 2 N–H and O–H groups in total. The Hall–Kier alpha value is -1.81. The van der Waals surface area contributed by atoms with Crippen LogP contribution >= 0.6 is 11.3 Å². The zero-order valence-corrected chi connectivity index (χ0v) is 16.1. The molecule has 0 fully saturated rings. The van der Waals surface area contributed by atoms with Crippen LogP contribution in [0.4, 0.5) is 5.00 Å². The summed E-state index contributed by atoms with van der Waals surface area (Å²) < 4.78 is 5.29. The molecule has 2 atom stereocenters. The van der Waals surface area contributed by atoms with Crippen molar-refractivity contribution in [2.75, 3.05) is 12.3 Å². The molecule has 0 radical (unpaired) electrons. The van der Waals surface area contributed by atoms with Crippen molar-refractivity contribution < 1.29 is 9.53 Å². The maximum atomic E-state index is 12.5. The van der Waals surface area contributed by atoms with E-state index in [0.29, 0.717) is 34.9 Å². The molecule has 25 heavy (non-hydrogen) atoms. The SMILES string of the molecule is CCOC(=O)c1c(N)sc2c1C(Cc1ccccc1)CC(C(C)C)C2. The second-order valence-electron chi connectivity index (χ2n) is 7.23. The standard InChI is InChI=1S/C21H27NO2S/c1-4-24-21(23)19-18-16(10-14-8-6-5-7-9-14)11-15(13(2)3)12-17(18)25-20(19)22/h5-9,13,15-16H,4,10-12,22H2,1-3H3. The summed E-state index contributed by atoms with van der Waals surface area (Å²) in [6, 6.07) is 10.5. The van der Waals surface area contributed by atoms with Crippen molar-refractivity contribution in [3.8, 4) is 0 Å². The lowest BCUT2D eigenvalue weighted by Crippen LogP contribution is -2.24. The van der Waals surface area contributed by atoms with Crippen molar-refractivity contribution >= 4 is 22.3 Å². The summed E-state index contributed by atoms with van der Waals surface area (Å²) in [5.74, 6) is 1.32. The smallest absolute Gasteiger partial charge is 0.341 e. The molecule has 1 heterocycles. The number of nitrogens with two attached hydrogens (primary N) is 1. The first-order valence-corrected chi connectivity index (χ1v) is 9.94. The third-order valence-electron chi connectivity index (χ3n) is 5.24. The fourth-order valence-electron chi connectivity index (χ4n) is 3.90. The number of benzene rings is 1. The largest absolute Gasteiger partial charge is 0.462 e. The van der Waals surface area contributed by atoms with E-state index in [1.54, 1.807) is 11.3 Å². The first kappa shape index (κ1) is 18.0. The van der Waals surface area contributed by atoms with Crippen LogP contribution in [0.1, 0.15) is 59.5 Å². The van der Waals surface area contributed by atoms with Gasteiger partial charge in [-0.25, -0.2) is 4.79 Å². The number of thiophene rings is 1. The van der Waals surface area contributed by atoms with Crippen LogP contribution in [-0.2, 0) is 17.6 Å². The Morgan fingerprint density at radius 2 is 2.04 bits per heavy atom. The minimum absolute atomic E-state index is 0.265. The predicted octanol–water partition coefficient (Wildman–Crippen LogP) is 5.05. The fraction of sp³-hybridized carbons (Fsp3) is 0.476. The Morgan fingerprint density at radius 3 is 2.68 bits per heavy atom. The van der Waals surface area contributed by atoms with E-state index < -0.39 is 0 Å². The maximum absolute atomic E-state index is 12.5. The molecule has 1 aromatic heterocycles. The van der Waals surface area contributed by atoms with Crippen molar-refractivity contribution in [2.45, 2.75) is 46.0 Å².